The summed E-state index contributed by atoms with van der Waals surface area (Å²) in [7, 11) is 2.72. The van der Waals surface area contributed by atoms with Crippen LogP contribution >= 0.6 is 9.24 Å². The molecule has 11 heavy (non-hydrogen) atoms. The highest BCUT2D eigenvalue weighted by atomic mass is 31.0. The Kier molecular flexibility index (Phi) is 6.18. The van der Waals surface area contributed by atoms with Gasteiger partial charge in [0.05, 0.1) is 0 Å². The first-order valence-corrected chi connectivity index (χ1v) is 5.29. The van der Waals surface area contributed by atoms with Crippen molar-refractivity contribution < 1.29 is 0 Å². The molecule has 0 aromatic carbocycles. The van der Waals surface area contributed by atoms with Crippen molar-refractivity contribution in [1.82, 2.24) is 5.32 Å². The molecule has 0 saturated carbocycles. The maximum atomic E-state index is 3.22. The molecule has 1 N–H and O–H groups in total. The molecule has 1 aliphatic heterocycles. The number of hydrogen-bond donors (Lipinski definition) is 1. The molecule has 0 bridgehead atoms. The van der Waals surface area contributed by atoms with Crippen molar-refractivity contribution in [3.63, 3.8) is 0 Å². The molecule has 0 spiro atoms. The van der Waals surface area contributed by atoms with Gasteiger partial charge in [-0.2, -0.15) is 0 Å². The zero-order chi connectivity index (χ0) is 8.74. The number of rotatable bonds is 0. The van der Waals surface area contributed by atoms with E-state index in [0.29, 0.717) is 5.41 Å². The minimum absolute atomic E-state index is 0.505. The lowest BCUT2D eigenvalue weighted by molar-refractivity contribution is 0.480. The Balaban J connectivity index is 0.000000183. The average molecular weight is 175 g/mol. The summed E-state index contributed by atoms with van der Waals surface area (Å²) in [6.07, 6.45) is 3.97. The second kappa shape index (κ2) is 5.97. The van der Waals surface area contributed by atoms with Gasteiger partial charge in [-0.15, -0.1) is 9.24 Å². The van der Waals surface area contributed by atoms with Crippen molar-refractivity contribution in [3.05, 3.63) is 0 Å². The van der Waals surface area contributed by atoms with Crippen LogP contribution in [0.3, 0.4) is 0 Å². The van der Waals surface area contributed by atoms with E-state index in [1.807, 2.05) is 0 Å². The molecule has 1 atom stereocenters. The highest BCUT2D eigenvalue weighted by molar-refractivity contribution is 7.16. The molecule has 1 unspecified atom stereocenters. The average Bonchev–Trinajstić information content (AvgIpc) is 2.41. The lowest BCUT2D eigenvalue weighted by Crippen LogP contribution is -2.04. The number of nitrogens with one attached hydrogen (secondary N) is 1. The van der Waals surface area contributed by atoms with E-state index in [1.54, 1.807) is 0 Å². The van der Waals surface area contributed by atoms with Crippen LogP contribution in [0.15, 0.2) is 0 Å². The zero-order valence-corrected chi connectivity index (χ0v) is 9.27. The SMILES string of the molecule is C1CCNC1.CC(C)(C)CP. The Bertz CT molecular complexity index is 74.4. The highest BCUT2D eigenvalue weighted by Crippen LogP contribution is 2.14. The van der Waals surface area contributed by atoms with E-state index in [4.69, 9.17) is 0 Å². The summed E-state index contributed by atoms with van der Waals surface area (Å²) in [5.74, 6) is 0. The van der Waals surface area contributed by atoms with Gasteiger partial charge in [0.15, 0.2) is 0 Å². The van der Waals surface area contributed by atoms with Crippen molar-refractivity contribution >= 4 is 9.24 Å². The van der Waals surface area contributed by atoms with E-state index in [-0.39, 0.29) is 0 Å². The van der Waals surface area contributed by atoms with Gasteiger partial charge < -0.3 is 5.32 Å². The summed E-state index contributed by atoms with van der Waals surface area (Å²) in [5.41, 5.74) is 0.505. The molecular weight excluding hydrogens is 153 g/mol. The fourth-order valence-electron chi connectivity index (χ4n) is 0.625. The summed E-state index contributed by atoms with van der Waals surface area (Å²) in [5, 5.41) is 3.22. The second-order valence-corrected chi connectivity index (χ2v) is 4.63. The summed E-state index contributed by atoms with van der Waals surface area (Å²) < 4.78 is 0. The van der Waals surface area contributed by atoms with Crippen molar-refractivity contribution in [2.24, 2.45) is 5.41 Å². The standard InChI is InChI=1S/C5H13P.C4H9N/c1-5(2,3)4-6;1-2-4-5-3-1/h4,6H2,1-3H3;5H,1-4H2. The fourth-order valence-corrected chi connectivity index (χ4v) is 0.625. The number of hydrogen-bond acceptors (Lipinski definition) is 1. The van der Waals surface area contributed by atoms with E-state index in [1.165, 1.54) is 32.1 Å². The third kappa shape index (κ3) is 10.4. The lowest BCUT2D eigenvalue weighted by atomic mass is 10.0. The fraction of sp³-hybridized carbons (Fsp3) is 1.00. The van der Waals surface area contributed by atoms with Crippen LogP contribution in [0.4, 0.5) is 0 Å². The first-order chi connectivity index (χ1) is 5.06. The van der Waals surface area contributed by atoms with Crippen LogP contribution in [0, 0.1) is 5.41 Å². The summed E-state index contributed by atoms with van der Waals surface area (Å²) in [4.78, 5) is 0. The van der Waals surface area contributed by atoms with Crippen LogP contribution in [0.25, 0.3) is 0 Å². The van der Waals surface area contributed by atoms with Gasteiger partial charge in [0.25, 0.3) is 0 Å². The molecule has 1 saturated heterocycles. The van der Waals surface area contributed by atoms with E-state index in [9.17, 15) is 0 Å². The first kappa shape index (κ1) is 11.4. The molecule has 1 rings (SSSR count). The van der Waals surface area contributed by atoms with Crippen LogP contribution in [-0.2, 0) is 0 Å². The van der Waals surface area contributed by atoms with Gasteiger partial charge in [-0.25, -0.2) is 0 Å². The molecular formula is C9H22NP. The molecule has 0 aliphatic carbocycles. The Hall–Kier alpha value is 0.390. The van der Waals surface area contributed by atoms with Gasteiger partial charge in [-0.05, 0) is 37.5 Å². The van der Waals surface area contributed by atoms with E-state index in [0.717, 1.165) is 0 Å². The molecule has 0 radical (unpaired) electrons. The smallest absolute Gasteiger partial charge is 0.00484 e. The Labute approximate surface area is 73.5 Å². The molecule has 1 fully saturated rings. The molecule has 0 aromatic heterocycles. The minimum Gasteiger partial charge on any atom is -0.317 e. The van der Waals surface area contributed by atoms with Crippen LogP contribution in [0.5, 0.6) is 0 Å². The van der Waals surface area contributed by atoms with Crippen molar-refractivity contribution in [2.45, 2.75) is 33.6 Å². The molecule has 2 heteroatoms. The van der Waals surface area contributed by atoms with Gasteiger partial charge in [0.1, 0.15) is 0 Å². The monoisotopic (exact) mass is 175 g/mol. The topological polar surface area (TPSA) is 12.0 Å². The van der Waals surface area contributed by atoms with Gasteiger partial charge in [0, 0.05) is 0 Å². The third-order valence-electron chi connectivity index (χ3n) is 1.57. The highest BCUT2D eigenvalue weighted by Gasteiger charge is 2.03. The van der Waals surface area contributed by atoms with E-state index in [2.05, 4.69) is 35.3 Å². The normalized spacial score (nSPS) is 17.5. The first-order valence-electron chi connectivity index (χ1n) is 4.47. The van der Waals surface area contributed by atoms with Gasteiger partial charge in [-0.3, -0.25) is 0 Å². The van der Waals surface area contributed by atoms with E-state index >= 15 is 0 Å². The Morgan fingerprint density at radius 1 is 1.18 bits per heavy atom. The quantitative estimate of drug-likeness (QED) is 0.557. The van der Waals surface area contributed by atoms with Crippen molar-refractivity contribution in [1.29, 1.82) is 0 Å². The van der Waals surface area contributed by atoms with Crippen LogP contribution in [0.1, 0.15) is 33.6 Å². The maximum absolute atomic E-state index is 3.22. The molecule has 68 valence electrons. The molecule has 1 nitrogen and oxygen atoms in total. The van der Waals surface area contributed by atoms with Gasteiger partial charge >= 0.3 is 0 Å². The second-order valence-electron chi connectivity index (χ2n) is 4.22. The third-order valence-corrected chi connectivity index (χ3v) is 2.79. The minimum atomic E-state index is 0.505. The Morgan fingerprint density at radius 3 is 1.64 bits per heavy atom. The van der Waals surface area contributed by atoms with Crippen molar-refractivity contribution in [3.8, 4) is 0 Å². The van der Waals surface area contributed by atoms with Crippen LogP contribution in [-0.4, -0.2) is 19.3 Å². The van der Waals surface area contributed by atoms with Gasteiger partial charge in [0.2, 0.25) is 0 Å². The predicted molar refractivity (Wildman–Crippen MR) is 56.1 cm³/mol. The molecule has 0 amide bonds. The van der Waals surface area contributed by atoms with Crippen LogP contribution in [0.2, 0.25) is 0 Å². The van der Waals surface area contributed by atoms with Crippen molar-refractivity contribution in [2.75, 3.05) is 19.3 Å². The van der Waals surface area contributed by atoms with Gasteiger partial charge in [-0.1, -0.05) is 20.8 Å². The molecule has 1 aliphatic rings. The van der Waals surface area contributed by atoms with E-state index < -0.39 is 0 Å². The largest absolute Gasteiger partial charge is 0.317 e. The summed E-state index contributed by atoms with van der Waals surface area (Å²) in [6, 6.07) is 0. The summed E-state index contributed by atoms with van der Waals surface area (Å²) >= 11 is 0. The molecule has 0 aromatic rings. The lowest BCUT2D eigenvalue weighted by Gasteiger charge is -2.12. The Morgan fingerprint density at radius 2 is 1.55 bits per heavy atom. The predicted octanol–water partition coefficient (Wildman–Crippen LogP) is 2.28. The maximum Gasteiger partial charge on any atom is -0.00484 e. The van der Waals surface area contributed by atoms with Crippen LogP contribution < -0.4 is 5.32 Å². The zero-order valence-electron chi connectivity index (χ0n) is 8.11. The molecule has 1 heterocycles. The summed E-state index contributed by atoms with van der Waals surface area (Å²) in [6.45, 7) is 9.17.